The first-order chi connectivity index (χ1) is 11.9. The van der Waals surface area contributed by atoms with Gasteiger partial charge in [0.1, 0.15) is 22.2 Å². The van der Waals surface area contributed by atoms with E-state index >= 15 is 0 Å². The Bertz CT molecular complexity index is 974. The van der Waals surface area contributed by atoms with E-state index < -0.39 is 15.9 Å². The number of aromatic nitrogens is 1. The second kappa shape index (κ2) is 6.90. The zero-order chi connectivity index (χ0) is 17.9. The van der Waals surface area contributed by atoms with E-state index in [0.29, 0.717) is 11.6 Å². The molecule has 128 valence electrons. The molecule has 0 spiro atoms. The molecule has 1 aromatic heterocycles. The normalized spacial score (nSPS) is 11.1. The van der Waals surface area contributed by atoms with Crippen LogP contribution < -0.4 is 8.92 Å². The van der Waals surface area contributed by atoms with E-state index in [4.69, 9.17) is 8.92 Å². The van der Waals surface area contributed by atoms with Crippen LogP contribution in [0.2, 0.25) is 0 Å². The Morgan fingerprint density at radius 1 is 0.960 bits per heavy atom. The van der Waals surface area contributed by atoms with Crippen molar-refractivity contribution in [2.45, 2.75) is 11.8 Å². The van der Waals surface area contributed by atoms with Crippen LogP contribution in [0.3, 0.4) is 0 Å². The molecule has 1 heterocycles. The fraction of sp³-hybridized carbons (Fsp3) is 0.0556. The molecule has 0 saturated carbocycles. The van der Waals surface area contributed by atoms with Gasteiger partial charge in [0.05, 0.1) is 0 Å². The fourth-order valence-electron chi connectivity index (χ4n) is 2.16. The Balaban J connectivity index is 1.76. The summed E-state index contributed by atoms with van der Waals surface area (Å²) < 4.78 is 48.4. The molecule has 0 aliphatic heterocycles. The minimum atomic E-state index is -4.05. The molecule has 3 aromatic rings. The Labute approximate surface area is 144 Å². The maximum absolute atomic E-state index is 13.1. The van der Waals surface area contributed by atoms with E-state index in [2.05, 4.69) is 4.98 Å². The number of halogens is 1. The Kier molecular flexibility index (Phi) is 4.67. The second-order valence-corrected chi connectivity index (χ2v) is 6.70. The number of pyridine rings is 1. The van der Waals surface area contributed by atoms with Crippen LogP contribution in [0.1, 0.15) is 5.56 Å². The molecule has 3 rings (SSSR count). The molecular formula is C18H14FNO4S. The van der Waals surface area contributed by atoms with Gasteiger partial charge in [-0.3, -0.25) is 0 Å². The summed E-state index contributed by atoms with van der Waals surface area (Å²) in [6, 6.07) is 14.7. The van der Waals surface area contributed by atoms with Crippen molar-refractivity contribution in [3.8, 4) is 17.4 Å². The molecular weight excluding hydrogens is 345 g/mol. The van der Waals surface area contributed by atoms with Gasteiger partial charge in [0.25, 0.3) is 0 Å². The fourth-order valence-corrected chi connectivity index (χ4v) is 3.30. The third-order valence-electron chi connectivity index (χ3n) is 3.30. The van der Waals surface area contributed by atoms with E-state index in [-0.39, 0.29) is 16.2 Å². The molecule has 0 radical (unpaired) electrons. The highest BCUT2D eigenvalue weighted by atomic mass is 32.2. The first-order valence-corrected chi connectivity index (χ1v) is 8.74. The number of hydrogen-bond acceptors (Lipinski definition) is 5. The van der Waals surface area contributed by atoms with Gasteiger partial charge in [-0.2, -0.15) is 8.42 Å². The average molecular weight is 359 g/mol. The SMILES string of the molecule is Cc1cc(F)ccc1S(=O)(=O)Oc1ccc(Oc2ccccn2)cc1. The topological polar surface area (TPSA) is 65.5 Å². The lowest BCUT2D eigenvalue weighted by Gasteiger charge is -2.10. The smallest absolute Gasteiger partial charge is 0.339 e. The van der Waals surface area contributed by atoms with Crippen molar-refractivity contribution in [3.63, 3.8) is 0 Å². The van der Waals surface area contributed by atoms with Crippen LogP contribution in [0.5, 0.6) is 17.4 Å². The van der Waals surface area contributed by atoms with Crippen molar-refractivity contribution in [1.82, 2.24) is 4.98 Å². The molecule has 0 atom stereocenters. The van der Waals surface area contributed by atoms with Gasteiger partial charge < -0.3 is 8.92 Å². The molecule has 0 amide bonds. The predicted molar refractivity (Wildman–Crippen MR) is 89.7 cm³/mol. The lowest BCUT2D eigenvalue weighted by Crippen LogP contribution is -2.11. The minimum absolute atomic E-state index is 0.0808. The molecule has 25 heavy (non-hydrogen) atoms. The van der Waals surface area contributed by atoms with Gasteiger partial charge in [-0.05, 0) is 61.0 Å². The van der Waals surface area contributed by atoms with Gasteiger partial charge in [0, 0.05) is 12.3 Å². The summed E-state index contributed by atoms with van der Waals surface area (Å²) in [5.74, 6) is 0.525. The lowest BCUT2D eigenvalue weighted by atomic mass is 10.2. The van der Waals surface area contributed by atoms with E-state index in [1.54, 1.807) is 36.5 Å². The van der Waals surface area contributed by atoms with Crippen molar-refractivity contribution in [1.29, 1.82) is 0 Å². The highest BCUT2D eigenvalue weighted by molar-refractivity contribution is 7.87. The van der Waals surface area contributed by atoms with Crippen LogP contribution in [0.25, 0.3) is 0 Å². The number of benzene rings is 2. The number of aryl methyl sites for hydroxylation is 1. The molecule has 5 nitrogen and oxygen atoms in total. The third-order valence-corrected chi connectivity index (χ3v) is 4.70. The van der Waals surface area contributed by atoms with Gasteiger partial charge in [-0.1, -0.05) is 6.07 Å². The van der Waals surface area contributed by atoms with E-state index in [9.17, 15) is 12.8 Å². The van der Waals surface area contributed by atoms with Crippen LogP contribution in [0.4, 0.5) is 4.39 Å². The van der Waals surface area contributed by atoms with Crippen molar-refractivity contribution in [2.24, 2.45) is 0 Å². The molecule has 0 saturated heterocycles. The number of ether oxygens (including phenoxy) is 1. The minimum Gasteiger partial charge on any atom is -0.439 e. The quantitative estimate of drug-likeness (QED) is 0.642. The second-order valence-electron chi connectivity index (χ2n) is 5.19. The largest absolute Gasteiger partial charge is 0.439 e. The first-order valence-electron chi connectivity index (χ1n) is 7.34. The highest BCUT2D eigenvalue weighted by Crippen LogP contribution is 2.25. The number of rotatable bonds is 5. The van der Waals surface area contributed by atoms with E-state index in [1.807, 2.05) is 0 Å². The summed E-state index contributed by atoms with van der Waals surface area (Å²) in [4.78, 5) is 3.95. The highest BCUT2D eigenvalue weighted by Gasteiger charge is 2.19. The van der Waals surface area contributed by atoms with Gasteiger partial charge in [-0.15, -0.1) is 0 Å². The molecule has 0 N–H and O–H groups in total. The molecule has 0 unspecified atom stereocenters. The summed E-state index contributed by atoms with van der Waals surface area (Å²) in [6.45, 7) is 1.50. The summed E-state index contributed by atoms with van der Waals surface area (Å²) in [5, 5.41) is 0. The first kappa shape index (κ1) is 16.9. The zero-order valence-corrected chi connectivity index (χ0v) is 14.0. The van der Waals surface area contributed by atoms with Crippen molar-refractivity contribution in [2.75, 3.05) is 0 Å². The van der Waals surface area contributed by atoms with Crippen molar-refractivity contribution >= 4 is 10.1 Å². The Morgan fingerprint density at radius 3 is 2.32 bits per heavy atom. The van der Waals surface area contributed by atoms with Crippen LogP contribution in [-0.4, -0.2) is 13.4 Å². The molecule has 7 heteroatoms. The lowest BCUT2D eigenvalue weighted by molar-refractivity contribution is 0.459. The molecule has 0 aliphatic rings. The summed E-state index contributed by atoms with van der Waals surface area (Å²) in [7, 11) is -4.05. The van der Waals surface area contributed by atoms with Gasteiger partial charge >= 0.3 is 10.1 Å². The van der Waals surface area contributed by atoms with Crippen LogP contribution in [0, 0.1) is 12.7 Å². The van der Waals surface area contributed by atoms with Crippen LogP contribution >= 0.6 is 0 Å². The Hall–Kier alpha value is -2.93. The van der Waals surface area contributed by atoms with E-state index in [1.165, 1.54) is 25.1 Å². The van der Waals surface area contributed by atoms with Crippen LogP contribution in [-0.2, 0) is 10.1 Å². The molecule has 0 fully saturated rings. The zero-order valence-electron chi connectivity index (χ0n) is 13.2. The van der Waals surface area contributed by atoms with Crippen molar-refractivity contribution in [3.05, 3.63) is 78.2 Å². The van der Waals surface area contributed by atoms with Gasteiger partial charge in [0.15, 0.2) is 0 Å². The summed E-state index contributed by atoms with van der Waals surface area (Å²) >= 11 is 0. The third kappa shape index (κ3) is 4.13. The monoisotopic (exact) mass is 359 g/mol. The maximum Gasteiger partial charge on any atom is 0.339 e. The molecule has 0 aliphatic carbocycles. The standard InChI is InChI=1S/C18H14FNO4S/c1-13-12-14(19)5-10-17(13)25(21,22)24-16-8-6-15(7-9-16)23-18-4-2-3-11-20-18/h2-12H,1H3. The maximum atomic E-state index is 13.1. The van der Waals surface area contributed by atoms with Crippen molar-refractivity contribution < 1.29 is 21.7 Å². The summed E-state index contributed by atoms with van der Waals surface area (Å²) in [5.41, 5.74) is 0.273. The summed E-state index contributed by atoms with van der Waals surface area (Å²) in [6.07, 6.45) is 1.60. The molecule has 2 aromatic carbocycles. The number of hydrogen-bond donors (Lipinski definition) is 0. The average Bonchev–Trinajstić information content (AvgIpc) is 2.57. The van der Waals surface area contributed by atoms with Gasteiger partial charge in [0.2, 0.25) is 5.88 Å². The number of nitrogens with zero attached hydrogens (tertiary/aromatic N) is 1. The van der Waals surface area contributed by atoms with Crippen LogP contribution in [0.15, 0.2) is 71.8 Å². The van der Waals surface area contributed by atoms with E-state index in [0.717, 1.165) is 12.1 Å². The molecule has 0 bridgehead atoms. The Morgan fingerprint density at radius 2 is 1.68 bits per heavy atom. The van der Waals surface area contributed by atoms with Gasteiger partial charge in [-0.25, -0.2) is 9.37 Å². The predicted octanol–water partition coefficient (Wildman–Crippen LogP) is 4.09.